The predicted octanol–water partition coefficient (Wildman–Crippen LogP) is 1.93. The molecule has 0 aliphatic carbocycles. The third kappa shape index (κ3) is 5.01. The van der Waals surface area contributed by atoms with E-state index in [0.717, 1.165) is 12.1 Å². The van der Waals surface area contributed by atoms with Crippen molar-refractivity contribution >= 4 is 23.5 Å². The van der Waals surface area contributed by atoms with Crippen molar-refractivity contribution in [1.82, 2.24) is 5.32 Å². The Morgan fingerprint density at radius 1 is 1.41 bits per heavy atom. The molecule has 0 aromatic heterocycles. The van der Waals surface area contributed by atoms with Gasteiger partial charge in [-0.15, -0.1) is 6.58 Å². The number of hydrogen-bond donors (Lipinski definition) is 3. The molecule has 1 rings (SSSR count). The van der Waals surface area contributed by atoms with E-state index in [4.69, 9.17) is 5.11 Å². The minimum absolute atomic E-state index is 0.0509. The number of halogens is 1. The van der Waals surface area contributed by atoms with E-state index in [1.165, 1.54) is 13.0 Å². The van der Waals surface area contributed by atoms with Crippen molar-refractivity contribution in [3.05, 3.63) is 42.2 Å². The summed E-state index contributed by atoms with van der Waals surface area (Å²) >= 11 is 0. The normalized spacial score (nSPS) is 11.4. The fourth-order valence-corrected chi connectivity index (χ4v) is 1.74. The summed E-state index contributed by atoms with van der Waals surface area (Å²) < 4.78 is 13.5. The number of anilines is 1. The lowest BCUT2D eigenvalue weighted by Gasteiger charge is -2.14. The quantitative estimate of drug-likeness (QED) is 0.671. The second-order valence-corrected chi connectivity index (χ2v) is 4.61. The van der Waals surface area contributed by atoms with Crippen molar-refractivity contribution in [2.24, 2.45) is 0 Å². The molecule has 2 amide bonds. The minimum atomic E-state index is -1.17. The highest BCUT2D eigenvalue weighted by atomic mass is 19.1. The molecule has 1 aromatic rings. The van der Waals surface area contributed by atoms with Crippen LogP contribution in [0, 0.1) is 5.82 Å². The first-order valence-electron chi connectivity index (χ1n) is 6.57. The molecule has 118 valence electrons. The number of carboxylic acids is 1. The molecule has 1 atom stereocenters. The van der Waals surface area contributed by atoms with Crippen LogP contribution < -0.4 is 10.6 Å². The van der Waals surface area contributed by atoms with Gasteiger partial charge >= 0.3 is 5.97 Å². The lowest BCUT2D eigenvalue weighted by atomic mass is 10.1. The molecule has 0 fully saturated rings. The van der Waals surface area contributed by atoms with Gasteiger partial charge in [0.15, 0.2) is 0 Å². The summed E-state index contributed by atoms with van der Waals surface area (Å²) in [5, 5.41) is 13.6. The average molecular weight is 308 g/mol. The first-order chi connectivity index (χ1) is 10.3. The number of nitrogens with one attached hydrogen (secondary N) is 2. The Labute approximate surface area is 127 Å². The van der Waals surface area contributed by atoms with Crippen LogP contribution >= 0.6 is 0 Å². The summed E-state index contributed by atoms with van der Waals surface area (Å²) in [7, 11) is 0. The average Bonchev–Trinajstić information content (AvgIpc) is 2.44. The molecule has 7 heteroatoms. The van der Waals surface area contributed by atoms with Gasteiger partial charge in [-0.1, -0.05) is 6.08 Å². The smallest absolute Gasteiger partial charge is 0.326 e. The van der Waals surface area contributed by atoms with Crippen molar-refractivity contribution < 1.29 is 23.9 Å². The van der Waals surface area contributed by atoms with Crippen LogP contribution in [0.25, 0.3) is 0 Å². The number of carboxylic acid groups (broad SMARTS) is 1. The number of carbonyl (C=O) groups excluding carboxylic acids is 2. The molecule has 22 heavy (non-hydrogen) atoms. The standard InChI is InChI=1S/C15H17FN2O4/c1-3-4-5-12(15(21)22)18-14(20)10-6-7-11(16)13(8-10)17-9(2)19/h3,6-8,12H,1,4-5H2,2H3,(H,17,19)(H,18,20)(H,21,22). The van der Waals surface area contributed by atoms with E-state index in [0.29, 0.717) is 6.42 Å². The SMILES string of the molecule is C=CCCC(NC(=O)c1ccc(F)c(NC(C)=O)c1)C(=O)O. The van der Waals surface area contributed by atoms with E-state index in [-0.39, 0.29) is 17.7 Å². The van der Waals surface area contributed by atoms with Gasteiger partial charge in [-0.3, -0.25) is 9.59 Å². The fraction of sp³-hybridized carbons (Fsp3) is 0.267. The lowest BCUT2D eigenvalue weighted by molar-refractivity contribution is -0.139. The van der Waals surface area contributed by atoms with Crippen LogP contribution in [0.15, 0.2) is 30.9 Å². The zero-order chi connectivity index (χ0) is 16.7. The second-order valence-electron chi connectivity index (χ2n) is 4.61. The molecule has 0 aliphatic heterocycles. The molecule has 6 nitrogen and oxygen atoms in total. The molecule has 3 N–H and O–H groups in total. The Kier molecular flexibility index (Phi) is 6.25. The van der Waals surface area contributed by atoms with Crippen LogP contribution in [0.3, 0.4) is 0 Å². The van der Waals surface area contributed by atoms with Gasteiger partial charge < -0.3 is 15.7 Å². The third-order valence-electron chi connectivity index (χ3n) is 2.80. The summed E-state index contributed by atoms with van der Waals surface area (Å²) in [6.45, 7) is 4.70. The molecule has 0 spiro atoms. The van der Waals surface area contributed by atoms with Gasteiger partial charge in [0, 0.05) is 12.5 Å². The number of allylic oxidation sites excluding steroid dienone is 1. The molecular weight excluding hydrogens is 291 g/mol. The minimum Gasteiger partial charge on any atom is -0.480 e. The molecule has 0 saturated heterocycles. The van der Waals surface area contributed by atoms with Gasteiger partial charge in [0.2, 0.25) is 5.91 Å². The summed E-state index contributed by atoms with van der Waals surface area (Å²) in [5.41, 5.74) is -0.0897. The Bertz CT molecular complexity index is 601. The molecular formula is C15H17FN2O4. The monoisotopic (exact) mass is 308 g/mol. The molecule has 0 aliphatic rings. The maximum atomic E-state index is 13.5. The Morgan fingerprint density at radius 2 is 2.09 bits per heavy atom. The second kappa shape index (κ2) is 7.92. The number of amides is 2. The van der Waals surface area contributed by atoms with Crippen molar-refractivity contribution in [2.75, 3.05) is 5.32 Å². The summed E-state index contributed by atoms with van der Waals surface area (Å²) in [6, 6.07) is 2.32. The van der Waals surface area contributed by atoms with Gasteiger partial charge in [0.05, 0.1) is 5.69 Å². The third-order valence-corrected chi connectivity index (χ3v) is 2.80. The van der Waals surface area contributed by atoms with Gasteiger partial charge in [0.25, 0.3) is 5.91 Å². The highest BCUT2D eigenvalue weighted by Gasteiger charge is 2.20. The predicted molar refractivity (Wildman–Crippen MR) is 79.0 cm³/mol. The largest absolute Gasteiger partial charge is 0.480 e. The van der Waals surface area contributed by atoms with E-state index in [1.54, 1.807) is 6.08 Å². The number of benzene rings is 1. The summed E-state index contributed by atoms with van der Waals surface area (Å²) in [4.78, 5) is 34.1. The lowest BCUT2D eigenvalue weighted by Crippen LogP contribution is -2.40. The van der Waals surface area contributed by atoms with Crippen molar-refractivity contribution in [1.29, 1.82) is 0 Å². The molecule has 1 aromatic carbocycles. The topological polar surface area (TPSA) is 95.5 Å². The van der Waals surface area contributed by atoms with E-state index in [1.807, 2.05) is 0 Å². The summed E-state index contributed by atoms with van der Waals surface area (Å²) in [5.74, 6) is -3.00. The number of carbonyl (C=O) groups is 3. The van der Waals surface area contributed by atoms with Crippen LogP contribution in [0.4, 0.5) is 10.1 Å². The van der Waals surface area contributed by atoms with E-state index >= 15 is 0 Å². The maximum absolute atomic E-state index is 13.5. The fourth-order valence-electron chi connectivity index (χ4n) is 1.74. The van der Waals surface area contributed by atoms with Crippen LogP contribution in [-0.2, 0) is 9.59 Å². The highest BCUT2D eigenvalue weighted by Crippen LogP contribution is 2.16. The molecule has 0 bridgehead atoms. The maximum Gasteiger partial charge on any atom is 0.326 e. The van der Waals surface area contributed by atoms with Crippen LogP contribution in [0.2, 0.25) is 0 Å². The summed E-state index contributed by atoms with van der Waals surface area (Å²) in [6.07, 6.45) is 2.18. The Morgan fingerprint density at radius 3 is 2.64 bits per heavy atom. The van der Waals surface area contributed by atoms with E-state index < -0.39 is 29.6 Å². The van der Waals surface area contributed by atoms with Gasteiger partial charge in [-0.05, 0) is 31.0 Å². The van der Waals surface area contributed by atoms with Crippen molar-refractivity contribution in [3.8, 4) is 0 Å². The van der Waals surface area contributed by atoms with Crippen LogP contribution in [0.1, 0.15) is 30.1 Å². The van der Waals surface area contributed by atoms with Crippen LogP contribution in [0.5, 0.6) is 0 Å². The van der Waals surface area contributed by atoms with Gasteiger partial charge in [0.1, 0.15) is 11.9 Å². The highest BCUT2D eigenvalue weighted by molar-refractivity contribution is 5.98. The van der Waals surface area contributed by atoms with Crippen molar-refractivity contribution in [3.63, 3.8) is 0 Å². The van der Waals surface area contributed by atoms with E-state index in [9.17, 15) is 18.8 Å². The molecule has 0 saturated carbocycles. The molecule has 0 radical (unpaired) electrons. The Balaban J connectivity index is 2.89. The van der Waals surface area contributed by atoms with Crippen molar-refractivity contribution in [2.45, 2.75) is 25.8 Å². The molecule has 1 unspecified atom stereocenters. The van der Waals surface area contributed by atoms with E-state index in [2.05, 4.69) is 17.2 Å². The van der Waals surface area contributed by atoms with Crippen LogP contribution in [-0.4, -0.2) is 28.9 Å². The molecule has 0 heterocycles. The number of hydrogen-bond acceptors (Lipinski definition) is 3. The number of aliphatic carboxylic acids is 1. The van der Waals surface area contributed by atoms with Gasteiger partial charge in [-0.25, -0.2) is 9.18 Å². The zero-order valence-corrected chi connectivity index (χ0v) is 12.1. The zero-order valence-electron chi connectivity index (χ0n) is 12.1. The Hall–Kier alpha value is -2.70. The first-order valence-corrected chi connectivity index (χ1v) is 6.57. The van der Waals surface area contributed by atoms with Gasteiger partial charge in [-0.2, -0.15) is 0 Å². The number of rotatable bonds is 7. The first kappa shape index (κ1) is 17.4.